The van der Waals surface area contributed by atoms with Crippen LogP contribution >= 0.6 is 11.6 Å². The molecule has 8 nitrogen and oxygen atoms in total. The van der Waals surface area contributed by atoms with Gasteiger partial charge in [-0.05, 0) is 49.4 Å². The summed E-state index contributed by atoms with van der Waals surface area (Å²) in [6, 6.07) is 11.9. The number of carbonyl (C=O) groups excluding carboxylic acids is 1. The van der Waals surface area contributed by atoms with Crippen molar-refractivity contribution in [2.75, 3.05) is 10.6 Å². The van der Waals surface area contributed by atoms with Crippen molar-refractivity contribution >= 4 is 29.0 Å². The minimum Gasteiger partial charge on any atom is -0.439 e. The Balaban J connectivity index is 1.39. The van der Waals surface area contributed by atoms with Crippen LogP contribution in [0, 0.1) is 12.7 Å². The summed E-state index contributed by atoms with van der Waals surface area (Å²) >= 11 is 5.71. The number of nitrogens with one attached hydrogen (secondary N) is 2. The molecule has 2 heterocycles. The van der Waals surface area contributed by atoms with Gasteiger partial charge in [-0.3, -0.25) is 4.57 Å². The maximum absolute atomic E-state index is 13.2. The summed E-state index contributed by atoms with van der Waals surface area (Å²) in [6.07, 6.45) is 4.89. The summed E-state index contributed by atoms with van der Waals surface area (Å²) in [5.74, 6) is 1.77. The Hall–Kier alpha value is -3.98. The number of carbonyl (C=O) groups is 1. The molecule has 0 saturated carbocycles. The number of benzene rings is 2. The van der Waals surface area contributed by atoms with Gasteiger partial charge in [0.25, 0.3) is 0 Å². The molecule has 0 radical (unpaired) electrons. The molecule has 0 aliphatic heterocycles. The highest BCUT2D eigenvalue weighted by atomic mass is 35.5. The fraction of sp³-hybridized carbons (Fsp3) is 0.0476. The number of hydrogen-bond donors (Lipinski definition) is 2. The highest BCUT2D eigenvalue weighted by Gasteiger charge is 2.08. The van der Waals surface area contributed by atoms with Gasteiger partial charge < -0.3 is 15.4 Å². The van der Waals surface area contributed by atoms with E-state index in [-0.39, 0.29) is 5.02 Å². The van der Waals surface area contributed by atoms with Gasteiger partial charge in [0, 0.05) is 29.8 Å². The molecule has 2 amide bonds. The Labute approximate surface area is 181 Å². The van der Waals surface area contributed by atoms with Crippen LogP contribution in [0.1, 0.15) is 5.82 Å². The number of aromatic nitrogens is 4. The zero-order valence-electron chi connectivity index (χ0n) is 16.2. The summed E-state index contributed by atoms with van der Waals surface area (Å²) < 4.78 is 20.8. The van der Waals surface area contributed by atoms with Crippen LogP contribution in [0.4, 0.5) is 20.6 Å². The van der Waals surface area contributed by atoms with Crippen LogP contribution in [0.3, 0.4) is 0 Å². The van der Waals surface area contributed by atoms with E-state index in [4.69, 9.17) is 16.3 Å². The second-order valence-electron chi connectivity index (χ2n) is 6.39. The number of imidazole rings is 1. The normalized spacial score (nSPS) is 10.5. The quantitative estimate of drug-likeness (QED) is 0.446. The second kappa shape index (κ2) is 8.80. The zero-order chi connectivity index (χ0) is 21.8. The van der Waals surface area contributed by atoms with E-state index in [0.717, 1.165) is 5.82 Å². The molecule has 0 aliphatic rings. The Morgan fingerprint density at radius 1 is 1.03 bits per heavy atom. The molecule has 0 atom stereocenters. The van der Waals surface area contributed by atoms with Gasteiger partial charge in [0.15, 0.2) is 0 Å². The first-order valence-corrected chi connectivity index (χ1v) is 9.49. The Kier molecular flexibility index (Phi) is 5.76. The minimum absolute atomic E-state index is 0.0737. The molecule has 10 heteroatoms. The van der Waals surface area contributed by atoms with Crippen LogP contribution in [0.15, 0.2) is 67.3 Å². The molecule has 156 valence electrons. The molecule has 4 rings (SSSR count). The summed E-state index contributed by atoms with van der Waals surface area (Å²) in [4.78, 5) is 24.6. The van der Waals surface area contributed by atoms with Crippen LogP contribution in [-0.2, 0) is 0 Å². The van der Waals surface area contributed by atoms with Crippen LogP contribution in [0.25, 0.3) is 5.82 Å². The largest absolute Gasteiger partial charge is 0.439 e. The lowest BCUT2D eigenvalue weighted by molar-refractivity contribution is 0.262. The number of urea groups is 1. The number of hydrogen-bond acceptors (Lipinski definition) is 5. The van der Waals surface area contributed by atoms with Crippen LogP contribution in [0.2, 0.25) is 5.02 Å². The first kappa shape index (κ1) is 20.3. The predicted octanol–water partition coefficient (Wildman–Crippen LogP) is 5.20. The van der Waals surface area contributed by atoms with Crippen LogP contribution in [0.5, 0.6) is 11.6 Å². The number of anilines is 2. The SMILES string of the molecule is Cc1nccn1-c1cc(Oc2ccc(NC(=O)Nc3ccc(F)c(Cl)c3)cc2)ncn1. The fourth-order valence-corrected chi connectivity index (χ4v) is 2.91. The standard InChI is InChI=1S/C21H16ClFN6O2/c1-13-24-8-9-29(13)19-11-20(26-12-25-19)31-16-5-2-14(3-6-16)27-21(30)28-15-4-7-18(23)17(22)10-15/h2-12H,1H3,(H2,27,28,30). The van der Waals surface area contributed by atoms with E-state index in [1.54, 1.807) is 42.7 Å². The molecular formula is C21H16ClFN6O2. The third-order valence-electron chi connectivity index (χ3n) is 4.21. The molecule has 2 aromatic carbocycles. The second-order valence-corrected chi connectivity index (χ2v) is 6.80. The number of ether oxygens (including phenoxy) is 1. The Bertz CT molecular complexity index is 1230. The first-order valence-electron chi connectivity index (χ1n) is 9.11. The minimum atomic E-state index is -0.556. The third kappa shape index (κ3) is 4.96. The molecule has 0 spiro atoms. The average Bonchev–Trinajstić information content (AvgIpc) is 3.18. The highest BCUT2D eigenvalue weighted by molar-refractivity contribution is 6.31. The van der Waals surface area contributed by atoms with Gasteiger partial charge in [0.2, 0.25) is 5.88 Å². The van der Waals surface area contributed by atoms with Crippen molar-refractivity contribution in [3.8, 4) is 17.4 Å². The lowest BCUT2D eigenvalue weighted by Crippen LogP contribution is -2.19. The number of halogens is 2. The van der Waals surface area contributed by atoms with E-state index in [2.05, 4.69) is 25.6 Å². The van der Waals surface area contributed by atoms with Gasteiger partial charge in [0.05, 0.1) is 5.02 Å². The van der Waals surface area contributed by atoms with E-state index in [1.807, 2.05) is 11.5 Å². The maximum atomic E-state index is 13.2. The molecule has 0 unspecified atom stereocenters. The lowest BCUT2D eigenvalue weighted by atomic mass is 10.3. The number of rotatable bonds is 5. The summed E-state index contributed by atoms with van der Waals surface area (Å²) in [5.41, 5.74) is 0.909. The van der Waals surface area contributed by atoms with E-state index < -0.39 is 11.8 Å². The van der Waals surface area contributed by atoms with E-state index >= 15 is 0 Å². The van der Waals surface area contributed by atoms with Crippen molar-refractivity contribution in [2.45, 2.75) is 6.92 Å². The molecule has 0 saturated heterocycles. The lowest BCUT2D eigenvalue weighted by Gasteiger charge is -2.10. The van der Waals surface area contributed by atoms with Crippen LogP contribution in [-0.4, -0.2) is 25.6 Å². The summed E-state index contributed by atoms with van der Waals surface area (Å²) in [6.45, 7) is 1.87. The number of aryl methyl sites for hydroxylation is 1. The van der Waals surface area contributed by atoms with E-state index in [1.165, 1.54) is 24.5 Å². The molecule has 0 bridgehead atoms. The summed E-state index contributed by atoms with van der Waals surface area (Å²) in [7, 11) is 0. The van der Waals surface area contributed by atoms with Crippen LogP contribution < -0.4 is 15.4 Å². The van der Waals surface area contributed by atoms with Gasteiger partial charge in [-0.1, -0.05) is 11.6 Å². The van der Waals surface area contributed by atoms with Gasteiger partial charge in [0.1, 0.15) is 29.5 Å². The van der Waals surface area contributed by atoms with Crippen molar-refractivity contribution in [3.63, 3.8) is 0 Å². The molecule has 2 N–H and O–H groups in total. The number of nitrogens with zero attached hydrogens (tertiary/aromatic N) is 4. The Morgan fingerprint density at radius 3 is 2.48 bits per heavy atom. The maximum Gasteiger partial charge on any atom is 0.323 e. The smallest absolute Gasteiger partial charge is 0.323 e. The molecule has 0 fully saturated rings. The topological polar surface area (TPSA) is 94.0 Å². The highest BCUT2D eigenvalue weighted by Crippen LogP contribution is 2.23. The molecule has 0 aliphatic carbocycles. The van der Waals surface area contributed by atoms with E-state index in [9.17, 15) is 9.18 Å². The van der Waals surface area contributed by atoms with Crippen molar-refractivity contribution in [1.82, 2.24) is 19.5 Å². The van der Waals surface area contributed by atoms with Crippen molar-refractivity contribution < 1.29 is 13.9 Å². The monoisotopic (exact) mass is 438 g/mol. The average molecular weight is 439 g/mol. The number of amides is 2. The fourth-order valence-electron chi connectivity index (χ4n) is 2.73. The zero-order valence-corrected chi connectivity index (χ0v) is 17.0. The molecular weight excluding hydrogens is 423 g/mol. The van der Waals surface area contributed by atoms with Gasteiger partial charge in [-0.15, -0.1) is 0 Å². The van der Waals surface area contributed by atoms with Gasteiger partial charge >= 0.3 is 6.03 Å². The van der Waals surface area contributed by atoms with Crippen molar-refractivity contribution in [1.29, 1.82) is 0 Å². The third-order valence-corrected chi connectivity index (χ3v) is 4.50. The predicted molar refractivity (Wildman–Crippen MR) is 114 cm³/mol. The summed E-state index contributed by atoms with van der Waals surface area (Å²) in [5, 5.41) is 5.18. The van der Waals surface area contributed by atoms with Crippen molar-refractivity contribution in [3.05, 3.63) is 83.9 Å². The molecule has 31 heavy (non-hydrogen) atoms. The molecule has 4 aromatic rings. The first-order chi connectivity index (χ1) is 15.0. The molecule has 2 aromatic heterocycles. The van der Waals surface area contributed by atoms with E-state index in [0.29, 0.717) is 28.8 Å². The Morgan fingerprint density at radius 2 is 1.77 bits per heavy atom. The van der Waals surface area contributed by atoms with Crippen molar-refractivity contribution in [2.24, 2.45) is 0 Å². The van der Waals surface area contributed by atoms with Gasteiger partial charge in [-0.25, -0.2) is 24.1 Å². The van der Waals surface area contributed by atoms with Gasteiger partial charge in [-0.2, -0.15) is 0 Å².